The van der Waals surface area contributed by atoms with Crippen LogP contribution in [0.2, 0.25) is 0 Å². The van der Waals surface area contributed by atoms with E-state index in [1.807, 2.05) is 16.9 Å². The molecule has 0 amide bonds. The van der Waals surface area contributed by atoms with Crippen LogP contribution >= 0.6 is 0 Å². The topological polar surface area (TPSA) is 50.1 Å². The molecular weight excluding hydrogens is 166 g/mol. The molecule has 1 fully saturated rings. The maximum Gasteiger partial charge on any atom is 0.0895 e. The van der Waals surface area contributed by atoms with E-state index in [4.69, 9.17) is 0 Å². The standard InChI is InChI=1S/C9H15N3O/c13-9(7-10-8-9)3-1-5-12-6-2-4-11-12/h2,4,6,10,13H,1,3,5,7-8H2. The van der Waals surface area contributed by atoms with Crippen LogP contribution in [0.3, 0.4) is 0 Å². The van der Waals surface area contributed by atoms with Crippen LogP contribution in [0.15, 0.2) is 18.5 Å². The molecule has 0 atom stereocenters. The number of nitrogens with one attached hydrogen (secondary N) is 1. The molecule has 0 aromatic carbocycles. The monoisotopic (exact) mass is 181 g/mol. The van der Waals surface area contributed by atoms with E-state index in [0.717, 1.165) is 32.5 Å². The van der Waals surface area contributed by atoms with Crippen LogP contribution in [0.25, 0.3) is 0 Å². The normalized spacial score (nSPS) is 19.8. The molecule has 1 aromatic rings. The van der Waals surface area contributed by atoms with Crippen molar-refractivity contribution in [1.82, 2.24) is 15.1 Å². The van der Waals surface area contributed by atoms with Gasteiger partial charge in [0.1, 0.15) is 0 Å². The molecule has 0 aliphatic carbocycles. The summed E-state index contributed by atoms with van der Waals surface area (Å²) in [6.07, 6.45) is 5.57. The van der Waals surface area contributed by atoms with Crippen molar-refractivity contribution in [3.8, 4) is 0 Å². The molecule has 1 aliphatic heterocycles. The molecule has 1 aliphatic rings. The third-order valence-corrected chi connectivity index (χ3v) is 2.50. The quantitative estimate of drug-likeness (QED) is 0.687. The lowest BCUT2D eigenvalue weighted by atomic mass is 9.92. The first-order valence-electron chi connectivity index (χ1n) is 4.69. The van der Waals surface area contributed by atoms with Gasteiger partial charge in [-0.25, -0.2) is 0 Å². The second-order valence-electron chi connectivity index (χ2n) is 3.70. The highest BCUT2D eigenvalue weighted by atomic mass is 16.3. The maximum absolute atomic E-state index is 9.75. The molecule has 0 radical (unpaired) electrons. The number of aliphatic hydroxyl groups is 1. The van der Waals surface area contributed by atoms with Gasteiger partial charge in [-0.2, -0.15) is 5.10 Å². The van der Waals surface area contributed by atoms with Crippen molar-refractivity contribution in [2.75, 3.05) is 13.1 Å². The number of aromatic nitrogens is 2. The predicted molar refractivity (Wildman–Crippen MR) is 49.3 cm³/mol. The minimum Gasteiger partial charge on any atom is -0.387 e. The van der Waals surface area contributed by atoms with Gasteiger partial charge in [0.25, 0.3) is 0 Å². The van der Waals surface area contributed by atoms with Crippen LogP contribution in [0, 0.1) is 0 Å². The average molecular weight is 181 g/mol. The molecule has 1 saturated heterocycles. The van der Waals surface area contributed by atoms with E-state index in [2.05, 4.69) is 10.4 Å². The highest BCUT2D eigenvalue weighted by molar-refractivity contribution is 4.92. The Kier molecular flexibility index (Phi) is 2.33. The highest BCUT2D eigenvalue weighted by Gasteiger charge is 2.33. The summed E-state index contributed by atoms with van der Waals surface area (Å²) in [4.78, 5) is 0. The Bertz CT molecular complexity index is 254. The molecule has 0 spiro atoms. The van der Waals surface area contributed by atoms with Gasteiger partial charge < -0.3 is 10.4 Å². The Labute approximate surface area is 77.6 Å². The molecule has 0 unspecified atom stereocenters. The molecule has 1 aromatic heterocycles. The number of aryl methyl sites for hydroxylation is 1. The highest BCUT2D eigenvalue weighted by Crippen LogP contribution is 2.17. The summed E-state index contributed by atoms with van der Waals surface area (Å²) in [5.41, 5.74) is -0.437. The fraction of sp³-hybridized carbons (Fsp3) is 0.667. The zero-order valence-corrected chi connectivity index (χ0v) is 7.61. The molecular formula is C9H15N3O. The molecule has 2 rings (SSSR count). The van der Waals surface area contributed by atoms with Crippen molar-refractivity contribution in [1.29, 1.82) is 0 Å². The Hall–Kier alpha value is -0.870. The van der Waals surface area contributed by atoms with Gasteiger partial charge in [0.15, 0.2) is 0 Å². The van der Waals surface area contributed by atoms with E-state index in [-0.39, 0.29) is 0 Å². The number of β-amino-alcohol motifs (C(OH)–C–C–N with tert-alkyl or cyclic N) is 1. The molecule has 0 saturated carbocycles. The summed E-state index contributed by atoms with van der Waals surface area (Å²) < 4.78 is 1.90. The van der Waals surface area contributed by atoms with E-state index in [9.17, 15) is 5.11 Å². The molecule has 72 valence electrons. The van der Waals surface area contributed by atoms with E-state index in [1.54, 1.807) is 6.20 Å². The van der Waals surface area contributed by atoms with Crippen LogP contribution in [-0.2, 0) is 6.54 Å². The van der Waals surface area contributed by atoms with Gasteiger partial charge in [-0.1, -0.05) is 0 Å². The predicted octanol–water partition coefficient (Wildman–Crippen LogP) is -0.00240. The zero-order valence-electron chi connectivity index (χ0n) is 7.61. The Balaban J connectivity index is 1.69. The summed E-state index contributed by atoms with van der Waals surface area (Å²) in [5.74, 6) is 0. The van der Waals surface area contributed by atoms with E-state index >= 15 is 0 Å². The van der Waals surface area contributed by atoms with E-state index in [1.165, 1.54) is 0 Å². The van der Waals surface area contributed by atoms with Gasteiger partial charge in [-0.15, -0.1) is 0 Å². The van der Waals surface area contributed by atoms with Crippen LogP contribution < -0.4 is 5.32 Å². The average Bonchev–Trinajstić information content (AvgIpc) is 2.54. The van der Waals surface area contributed by atoms with Gasteiger partial charge in [-0.3, -0.25) is 4.68 Å². The summed E-state index contributed by atoms with van der Waals surface area (Å²) in [6, 6.07) is 1.92. The third kappa shape index (κ3) is 2.08. The minimum absolute atomic E-state index is 0.437. The zero-order chi connectivity index (χ0) is 9.15. The number of hydrogen-bond donors (Lipinski definition) is 2. The van der Waals surface area contributed by atoms with Gasteiger partial charge in [0, 0.05) is 32.0 Å². The lowest BCUT2D eigenvalue weighted by Crippen LogP contribution is -2.59. The maximum atomic E-state index is 9.75. The van der Waals surface area contributed by atoms with Crippen molar-refractivity contribution in [3.05, 3.63) is 18.5 Å². The fourth-order valence-corrected chi connectivity index (χ4v) is 1.59. The third-order valence-electron chi connectivity index (χ3n) is 2.50. The Morgan fingerprint density at radius 3 is 2.92 bits per heavy atom. The Morgan fingerprint density at radius 1 is 1.54 bits per heavy atom. The molecule has 4 nitrogen and oxygen atoms in total. The van der Waals surface area contributed by atoms with Crippen molar-refractivity contribution >= 4 is 0 Å². The van der Waals surface area contributed by atoms with Crippen molar-refractivity contribution in [2.45, 2.75) is 25.0 Å². The van der Waals surface area contributed by atoms with Crippen LogP contribution in [-0.4, -0.2) is 33.6 Å². The van der Waals surface area contributed by atoms with Gasteiger partial charge in [0.2, 0.25) is 0 Å². The second kappa shape index (κ2) is 3.47. The van der Waals surface area contributed by atoms with E-state index in [0.29, 0.717) is 0 Å². The minimum atomic E-state index is -0.437. The fourth-order valence-electron chi connectivity index (χ4n) is 1.59. The number of hydrogen-bond acceptors (Lipinski definition) is 3. The first-order valence-corrected chi connectivity index (χ1v) is 4.69. The van der Waals surface area contributed by atoms with Crippen molar-refractivity contribution in [3.63, 3.8) is 0 Å². The molecule has 4 heteroatoms. The first-order chi connectivity index (χ1) is 6.29. The van der Waals surface area contributed by atoms with E-state index < -0.39 is 5.60 Å². The Morgan fingerprint density at radius 2 is 2.38 bits per heavy atom. The summed E-state index contributed by atoms with van der Waals surface area (Å²) in [7, 11) is 0. The van der Waals surface area contributed by atoms with Gasteiger partial charge in [-0.05, 0) is 18.9 Å². The van der Waals surface area contributed by atoms with Gasteiger partial charge in [0.05, 0.1) is 5.60 Å². The van der Waals surface area contributed by atoms with Crippen LogP contribution in [0.4, 0.5) is 0 Å². The van der Waals surface area contributed by atoms with Crippen LogP contribution in [0.1, 0.15) is 12.8 Å². The summed E-state index contributed by atoms with van der Waals surface area (Å²) in [6.45, 7) is 2.38. The lowest BCUT2D eigenvalue weighted by molar-refractivity contribution is -0.0196. The van der Waals surface area contributed by atoms with Crippen LogP contribution in [0.5, 0.6) is 0 Å². The summed E-state index contributed by atoms with van der Waals surface area (Å²) in [5, 5.41) is 16.9. The molecule has 2 heterocycles. The second-order valence-corrected chi connectivity index (χ2v) is 3.70. The van der Waals surface area contributed by atoms with Crippen molar-refractivity contribution < 1.29 is 5.11 Å². The largest absolute Gasteiger partial charge is 0.387 e. The molecule has 2 N–H and O–H groups in total. The SMILES string of the molecule is OC1(CCCn2cccn2)CNC1. The number of nitrogens with zero attached hydrogens (tertiary/aromatic N) is 2. The molecule has 0 bridgehead atoms. The summed E-state index contributed by atoms with van der Waals surface area (Å²) >= 11 is 0. The molecule has 13 heavy (non-hydrogen) atoms. The van der Waals surface area contributed by atoms with Crippen molar-refractivity contribution in [2.24, 2.45) is 0 Å². The first kappa shape index (κ1) is 8.72. The number of rotatable bonds is 4. The smallest absolute Gasteiger partial charge is 0.0895 e. The lowest BCUT2D eigenvalue weighted by Gasteiger charge is -2.37. The van der Waals surface area contributed by atoms with Gasteiger partial charge >= 0.3 is 0 Å².